The number of unbranched alkanes of at least 4 members (excludes halogenated alkanes) is 1. The molecule has 1 aliphatic heterocycles. The van der Waals surface area contributed by atoms with Gasteiger partial charge in [0.2, 0.25) is 0 Å². The van der Waals surface area contributed by atoms with Gasteiger partial charge in [-0.15, -0.1) is 0 Å². The van der Waals surface area contributed by atoms with Crippen LogP contribution in [0.5, 0.6) is 0 Å². The summed E-state index contributed by atoms with van der Waals surface area (Å²) >= 11 is 0. The van der Waals surface area contributed by atoms with Crippen LogP contribution >= 0.6 is 0 Å². The summed E-state index contributed by atoms with van der Waals surface area (Å²) in [5.41, 5.74) is 1.23. The molecular formula is C13H22O3. The summed E-state index contributed by atoms with van der Waals surface area (Å²) in [5.74, 6) is -0.226. The van der Waals surface area contributed by atoms with Gasteiger partial charge in [0.25, 0.3) is 0 Å². The second kappa shape index (κ2) is 6.04. The van der Waals surface area contributed by atoms with Crippen molar-refractivity contribution in [2.45, 2.75) is 65.3 Å². The van der Waals surface area contributed by atoms with Crippen LogP contribution < -0.4 is 0 Å². The number of carbonyl (C=O) groups is 1. The Balaban J connectivity index is 2.44. The summed E-state index contributed by atoms with van der Waals surface area (Å²) in [7, 11) is 0. The van der Waals surface area contributed by atoms with Gasteiger partial charge in [-0.05, 0) is 32.3 Å². The third kappa shape index (κ3) is 3.63. The van der Waals surface area contributed by atoms with E-state index in [2.05, 4.69) is 19.9 Å². The molecule has 92 valence electrons. The van der Waals surface area contributed by atoms with Crippen LogP contribution in [0.1, 0.15) is 47.0 Å². The van der Waals surface area contributed by atoms with Crippen LogP contribution in [0.4, 0.5) is 0 Å². The fourth-order valence-corrected chi connectivity index (χ4v) is 1.66. The monoisotopic (exact) mass is 226 g/mol. The van der Waals surface area contributed by atoms with Crippen LogP contribution in [0.15, 0.2) is 11.6 Å². The SMILES string of the molecule is CCC/C=C(/CC)[C@@H]1O[C@H]1C(=O)OC(C)C. The van der Waals surface area contributed by atoms with Crippen molar-refractivity contribution in [1.29, 1.82) is 0 Å². The highest BCUT2D eigenvalue weighted by Gasteiger charge is 2.48. The van der Waals surface area contributed by atoms with E-state index in [1.165, 1.54) is 5.57 Å². The molecule has 16 heavy (non-hydrogen) atoms. The molecular weight excluding hydrogens is 204 g/mol. The Morgan fingerprint density at radius 2 is 2.06 bits per heavy atom. The van der Waals surface area contributed by atoms with Crippen molar-refractivity contribution in [2.75, 3.05) is 0 Å². The molecule has 0 aromatic carbocycles. The van der Waals surface area contributed by atoms with Crippen LogP contribution in [0.3, 0.4) is 0 Å². The van der Waals surface area contributed by atoms with Gasteiger partial charge in [0.15, 0.2) is 6.10 Å². The molecule has 3 heteroatoms. The molecule has 0 spiro atoms. The second-order valence-corrected chi connectivity index (χ2v) is 4.38. The Hall–Kier alpha value is -0.830. The summed E-state index contributed by atoms with van der Waals surface area (Å²) < 4.78 is 10.5. The maximum atomic E-state index is 11.5. The van der Waals surface area contributed by atoms with Crippen molar-refractivity contribution in [2.24, 2.45) is 0 Å². The van der Waals surface area contributed by atoms with Gasteiger partial charge >= 0.3 is 5.97 Å². The van der Waals surface area contributed by atoms with E-state index in [9.17, 15) is 4.79 Å². The molecule has 0 aliphatic carbocycles. The van der Waals surface area contributed by atoms with Crippen LogP contribution in [-0.4, -0.2) is 24.3 Å². The largest absolute Gasteiger partial charge is 0.461 e. The lowest BCUT2D eigenvalue weighted by Gasteiger charge is -2.05. The highest BCUT2D eigenvalue weighted by molar-refractivity contribution is 5.79. The molecule has 1 saturated heterocycles. The molecule has 0 N–H and O–H groups in total. The van der Waals surface area contributed by atoms with Crippen LogP contribution in [-0.2, 0) is 14.3 Å². The molecule has 0 aromatic rings. The number of hydrogen-bond donors (Lipinski definition) is 0. The Labute approximate surface area is 97.8 Å². The zero-order valence-corrected chi connectivity index (χ0v) is 10.7. The van der Waals surface area contributed by atoms with Crippen molar-refractivity contribution < 1.29 is 14.3 Å². The van der Waals surface area contributed by atoms with Crippen molar-refractivity contribution in [3.8, 4) is 0 Å². The van der Waals surface area contributed by atoms with E-state index in [0.29, 0.717) is 0 Å². The van der Waals surface area contributed by atoms with E-state index in [4.69, 9.17) is 9.47 Å². The molecule has 0 aromatic heterocycles. The standard InChI is InChI=1S/C13H22O3/c1-5-7-8-10(6-2)11-12(16-11)13(14)15-9(3)4/h8-9,11-12H,5-7H2,1-4H3/b10-8-/t11-,12+/m0/s1. The number of esters is 1. The molecule has 1 aliphatic rings. The quantitative estimate of drug-likeness (QED) is 0.397. The Morgan fingerprint density at radius 1 is 1.38 bits per heavy atom. The fraction of sp³-hybridized carbons (Fsp3) is 0.769. The number of allylic oxidation sites excluding steroid dienone is 1. The summed E-state index contributed by atoms with van der Waals surface area (Å²) in [6.07, 6.45) is 4.85. The molecule has 0 saturated carbocycles. The minimum absolute atomic E-state index is 0.0252. The van der Waals surface area contributed by atoms with Crippen LogP contribution in [0.2, 0.25) is 0 Å². The summed E-state index contributed by atoms with van der Waals surface area (Å²) in [4.78, 5) is 11.5. The first-order valence-electron chi connectivity index (χ1n) is 6.15. The Morgan fingerprint density at radius 3 is 2.56 bits per heavy atom. The first kappa shape index (κ1) is 13.2. The Bertz CT molecular complexity index is 268. The summed E-state index contributed by atoms with van der Waals surface area (Å²) in [5, 5.41) is 0. The molecule has 1 heterocycles. The van der Waals surface area contributed by atoms with Gasteiger partial charge in [-0.25, -0.2) is 4.79 Å². The zero-order valence-electron chi connectivity index (χ0n) is 10.7. The number of rotatable bonds is 6. The van der Waals surface area contributed by atoms with Gasteiger partial charge in [-0.3, -0.25) is 0 Å². The molecule has 2 atom stereocenters. The zero-order chi connectivity index (χ0) is 12.1. The first-order chi connectivity index (χ1) is 7.60. The highest BCUT2D eigenvalue weighted by atomic mass is 16.6. The normalized spacial score (nSPS) is 24.7. The maximum Gasteiger partial charge on any atom is 0.338 e. The third-order valence-corrected chi connectivity index (χ3v) is 2.54. The maximum absolute atomic E-state index is 11.5. The molecule has 3 nitrogen and oxygen atoms in total. The lowest BCUT2D eigenvalue weighted by atomic mass is 10.1. The van der Waals surface area contributed by atoms with E-state index in [0.717, 1.165) is 19.3 Å². The topological polar surface area (TPSA) is 38.8 Å². The lowest BCUT2D eigenvalue weighted by molar-refractivity contribution is -0.148. The van der Waals surface area contributed by atoms with E-state index in [1.54, 1.807) is 0 Å². The molecule has 0 unspecified atom stereocenters. The molecule has 1 fully saturated rings. The van der Waals surface area contributed by atoms with E-state index < -0.39 is 0 Å². The fourth-order valence-electron chi connectivity index (χ4n) is 1.66. The van der Waals surface area contributed by atoms with E-state index >= 15 is 0 Å². The molecule has 0 radical (unpaired) electrons. The summed E-state index contributed by atoms with van der Waals surface area (Å²) in [6, 6.07) is 0. The van der Waals surface area contributed by atoms with Gasteiger partial charge in [0.05, 0.1) is 6.10 Å². The molecule has 0 bridgehead atoms. The van der Waals surface area contributed by atoms with Crippen LogP contribution in [0.25, 0.3) is 0 Å². The lowest BCUT2D eigenvalue weighted by Crippen LogP contribution is -2.18. The number of carbonyl (C=O) groups excluding carboxylic acids is 1. The van der Waals surface area contributed by atoms with Crippen molar-refractivity contribution in [1.82, 2.24) is 0 Å². The van der Waals surface area contributed by atoms with E-state index in [1.807, 2.05) is 13.8 Å². The predicted octanol–water partition coefficient (Wildman–Crippen LogP) is 2.84. The van der Waals surface area contributed by atoms with Gasteiger partial charge in [-0.1, -0.05) is 26.3 Å². The number of epoxide rings is 1. The first-order valence-corrected chi connectivity index (χ1v) is 6.15. The number of ether oxygens (including phenoxy) is 2. The van der Waals surface area contributed by atoms with Gasteiger partial charge in [0, 0.05) is 0 Å². The van der Waals surface area contributed by atoms with Crippen LogP contribution in [0, 0.1) is 0 Å². The third-order valence-electron chi connectivity index (χ3n) is 2.54. The highest BCUT2D eigenvalue weighted by Crippen LogP contribution is 2.32. The predicted molar refractivity (Wildman–Crippen MR) is 63.2 cm³/mol. The van der Waals surface area contributed by atoms with Crippen molar-refractivity contribution >= 4 is 5.97 Å². The minimum Gasteiger partial charge on any atom is -0.461 e. The minimum atomic E-state index is -0.356. The van der Waals surface area contributed by atoms with Gasteiger partial charge in [-0.2, -0.15) is 0 Å². The van der Waals surface area contributed by atoms with Crippen molar-refractivity contribution in [3.63, 3.8) is 0 Å². The smallest absolute Gasteiger partial charge is 0.338 e. The number of hydrogen-bond acceptors (Lipinski definition) is 3. The molecule has 0 amide bonds. The second-order valence-electron chi connectivity index (χ2n) is 4.38. The van der Waals surface area contributed by atoms with Gasteiger partial charge < -0.3 is 9.47 Å². The molecule has 1 rings (SSSR count). The average Bonchev–Trinajstić information content (AvgIpc) is 2.98. The van der Waals surface area contributed by atoms with Crippen molar-refractivity contribution in [3.05, 3.63) is 11.6 Å². The van der Waals surface area contributed by atoms with E-state index in [-0.39, 0.29) is 24.3 Å². The Kier molecular flexibility index (Phi) is 5.00. The summed E-state index contributed by atoms with van der Waals surface area (Å²) in [6.45, 7) is 7.93. The average molecular weight is 226 g/mol. The van der Waals surface area contributed by atoms with Gasteiger partial charge in [0.1, 0.15) is 6.10 Å².